The summed E-state index contributed by atoms with van der Waals surface area (Å²) in [6.07, 6.45) is 4.07. The molecular formula is C13H18N4. The van der Waals surface area contributed by atoms with E-state index in [-0.39, 0.29) is 0 Å². The highest BCUT2D eigenvalue weighted by atomic mass is 15.2. The van der Waals surface area contributed by atoms with Crippen LogP contribution in [0.1, 0.15) is 18.5 Å². The van der Waals surface area contributed by atoms with Crippen LogP contribution in [0, 0.1) is 11.3 Å². The molecule has 0 saturated carbocycles. The molecule has 0 radical (unpaired) electrons. The van der Waals surface area contributed by atoms with Crippen LogP contribution in [0.5, 0.6) is 0 Å². The highest BCUT2D eigenvalue weighted by Gasteiger charge is 2.20. The minimum Gasteiger partial charge on any atom is -0.371 e. The van der Waals surface area contributed by atoms with Gasteiger partial charge in [0.15, 0.2) is 0 Å². The predicted octanol–water partition coefficient (Wildman–Crippen LogP) is 1.48. The van der Waals surface area contributed by atoms with E-state index in [1.807, 2.05) is 12.1 Å². The van der Waals surface area contributed by atoms with E-state index in [0.29, 0.717) is 11.7 Å². The summed E-state index contributed by atoms with van der Waals surface area (Å²) >= 11 is 0. The first-order valence-corrected chi connectivity index (χ1v) is 5.98. The standard InChI is InChI=1S/C13H18N4/c1-16(2)12-4-7-17(8-5-12)13-3-6-15-11(9-13)10-14/h3,6,9,12H,4-5,7-8H2,1-2H3. The maximum Gasteiger partial charge on any atom is 0.142 e. The Morgan fingerprint density at radius 2 is 2.12 bits per heavy atom. The molecule has 1 aliphatic heterocycles. The molecular weight excluding hydrogens is 212 g/mol. The van der Waals surface area contributed by atoms with Crippen molar-refractivity contribution >= 4 is 5.69 Å². The summed E-state index contributed by atoms with van der Waals surface area (Å²) in [6, 6.07) is 6.63. The number of nitrogens with zero attached hydrogens (tertiary/aromatic N) is 4. The minimum atomic E-state index is 0.497. The third-order valence-corrected chi connectivity index (χ3v) is 3.42. The SMILES string of the molecule is CN(C)C1CCN(c2ccnc(C#N)c2)CC1. The summed E-state index contributed by atoms with van der Waals surface area (Å²) in [7, 11) is 4.28. The third kappa shape index (κ3) is 2.75. The summed E-state index contributed by atoms with van der Waals surface area (Å²) in [4.78, 5) is 8.63. The van der Waals surface area contributed by atoms with Crippen molar-refractivity contribution in [3.8, 4) is 6.07 Å². The van der Waals surface area contributed by atoms with Crippen LogP contribution in [-0.2, 0) is 0 Å². The Morgan fingerprint density at radius 3 is 2.71 bits per heavy atom. The first kappa shape index (κ1) is 11.9. The van der Waals surface area contributed by atoms with Gasteiger partial charge in [-0.25, -0.2) is 4.98 Å². The fraction of sp³-hybridized carbons (Fsp3) is 0.538. The molecule has 0 bridgehead atoms. The van der Waals surface area contributed by atoms with E-state index in [1.165, 1.54) is 12.8 Å². The zero-order valence-corrected chi connectivity index (χ0v) is 10.4. The van der Waals surface area contributed by atoms with Crippen LogP contribution in [0.3, 0.4) is 0 Å². The summed E-state index contributed by atoms with van der Waals surface area (Å²) in [5.41, 5.74) is 1.62. The number of piperidine rings is 1. The molecule has 0 N–H and O–H groups in total. The second-order valence-corrected chi connectivity index (χ2v) is 4.69. The topological polar surface area (TPSA) is 43.2 Å². The van der Waals surface area contributed by atoms with E-state index in [1.54, 1.807) is 6.20 Å². The Balaban J connectivity index is 2.03. The lowest BCUT2D eigenvalue weighted by atomic mass is 10.0. The van der Waals surface area contributed by atoms with Gasteiger partial charge < -0.3 is 9.80 Å². The first-order chi connectivity index (χ1) is 8.20. The van der Waals surface area contributed by atoms with E-state index in [2.05, 4.69) is 34.9 Å². The maximum absolute atomic E-state index is 8.84. The Morgan fingerprint density at radius 1 is 1.41 bits per heavy atom. The molecule has 0 atom stereocenters. The van der Waals surface area contributed by atoms with E-state index in [9.17, 15) is 0 Å². The highest BCUT2D eigenvalue weighted by molar-refractivity contribution is 5.49. The van der Waals surface area contributed by atoms with E-state index in [4.69, 9.17) is 5.26 Å². The van der Waals surface area contributed by atoms with Gasteiger partial charge in [-0.3, -0.25) is 0 Å². The van der Waals surface area contributed by atoms with Gasteiger partial charge in [-0.1, -0.05) is 0 Å². The molecule has 1 aromatic rings. The minimum absolute atomic E-state index is 0.497. The molecule has 1 aromatic heterocycles. The van der Waals surface area contributed by atoms with Gasteiger partial charge in [-0.05, 0) is 39.1 Å². The first-order valence-electron chi connectivity index (χ1n) is 5.98. The molecule has 17 heavy (non-hydrogen) atoms. The average Bonchev–Trinajstić information content (AvgIpc) is 2.39. The van der Waals surface area contributed by atoms with Gasteiger partial charge in [0.25, 0.3) is 0 Å². The zero-order chi connectivity index (χ0) is 12.3. The molecule has 1 aliphatic rings. The number of pyridine rings is 1. The molecule has 2 rings (SSSR count). The van der Waals surface area contributed by atoms with E-state index >= 15 is 0 Å². The van der Waals surface area contributed by atoms with Crippen LogP contribution in [0.4, 0.5) is 5.69 Å². The van der Waals surface area contributed by atoms with Crippen molar-refractivity contribution in [3.05, 3.63) is 24.0 Å². The Bertz CT molecular complexity index is 414. The molecule has 0 unspecified atom stereocenters. The number of aromatic nitrogens is 1. The normalized spacial score (nSPS) is 17.2. The third-order valence-electron chi connectivity index (χ3n) is 3.42. The largest absolute Gasteiger partial charge is 0.371 e. The van der Waals surface area contributed by atoms with Crippen molar-refractivity contribution in [2.24, 2.45) is 0 Å². The number of rotatable bonds is 2. The fourth-order valence-corrected chi connectivity index (χ4v) is 2.32. The second-order valence-electron chi connectivity index (χ2n) is 4.69. The zero-order valence-electron chi connectivity index (χ0n) is 10.4. The van der Waals surface area contributed by atoms with Gasteiger partial charge >= 0.3 is 0 Å². The van der Waals surface area contributed by atoms with Gasteiger partial charge in [0.2, 0.25) is 0 Å². The van der Waals surface area contributed by atoms with Gasteiger partial charge in [-0.2, -0.15) is 5.26 Å². The lowest BCUT2D eigenvalue weighted by molar-refractivity contribution is 0.249. The number of anilines is 1. The Hall–Kier alpha value is -1.60. The van der Waals surface area contributed by atoms with Crippen molar-refractivity contribution in [2.75, 3.05) is 32.1 Å². The summed E-state index contributed by atoms with van der Waals surface area (Å²) in [6.45, 7) is 2.11. The van der Waals surface area contributed by atoms with Gasteiger partial charge in [0.05, 0.1) is 0 Å². The molecule has 4 heteroatoms. The number of nitriles is 1. The van der Waals surface area contributed by atoms with Gasteiger partial charge in [-0.15, -0.1) is 0 Å². The monoisotopic (exact) mass is 230 g/mol. The molecule has 1 saturated heterocycles. The second kappa shape index (κ2) is 5.15. The highest BCUT2D eigenvalue weighted by Crippen LogP contribution is 2.21. The van der Waals surface area contributed by atoms with Gasteiger partial charge in [0.1, 0.15) is 11.8 Å². The quantitative estimate of drug-likeness (QED) is 0.772. The fourth-order valence-electron chi connectivity index (χ4n) is 2.32. The Kier molecular flexibility index (Phi) is 3.60. The van der Waals surface area contributed by atoms with Crippen molar-refractivity contribution in [1.82, 2.24) is 9.88 Å². The average molecular weight is 230 g/mol. The molecule has 0 aromatic carbocycles. The van der Waals surface area contributed by atoms with E-state index in [0.717, 1.165) is 18.8 Å². The van der Waals surface area contributed by atoms with Gasteiger partial charge in [0, 0.05) is 31.0 Å². The van der Waals surface area contributed by atoms with E-state index < -0.39 is 0 Å². The summed E-state index contributed by atoms with van der Waals surface area (Å²) in [5, 5.41) is 8.84. The molecule has 0 spiro atoms. The number of hydrogen-bond donors (Lipinski definition) is 0. The molecule has 1 fully saturated rings. The lowest BCUT2D eigenvalue weighted by Crippen LogP contribution is -2.42. The number of hydrogen-bond acceptors (Lipinski definition) is 4. The van der Waals surface area contributed by atoms with Crippen LogP contribution in [0.15, 0.2) is 18.3 Å². The van der Waals surface area contributed by atoms with Crippen molar-refractivity contribution < 1.29 is 0 Å². The van der Waals surface area contributed by atoms with Crippen LogP contribution < -0.4 is 4.90 Å². The van der Waals surface area contributed by atoms with Crippen LogP contribution in [-0.4, -0.2) is 43.1 Å². The maximum atomic E-state index is 8.84. The Labute approximate surface area is 102 Å². The van der Waals surface area contributed by atoms with Crippen molar-refractivity contribution in [3.63, 3.8) is 0 Å². The molecule has 0 amide bonds. The predicted molar refractivity (Wildman–Crippen MR) is 67.9 cm³/mol. The summed E-state index contributed by atoms with van der Waals surface area (Å²) in [5.74, 6) is 0. The smallest absolute Gasteiger partial charge is 0.142 e. The molecule has 90 valence electrons. The van der Waals surface area contributed by atoms with Crippen LogP contribution in [0.25, 0.3) is 0 Å². The molecule has 0 aliphatic carbocycles. The summed E-state index contributed by atoms with van der Waals surface area (Å²) < 4.78 is 0. The molecule has 2 heterocycles. The lowest BCUT2D eigenvalue weighted by Gasteiger charge is -2.36. The van der Waals surface area contributed by atoms with Crippen molar-refractivity contribution in [2.45, 2.75) is 18.9 Å². The molecule has 4 nitrogen and oxygen atoms in total. The van der Waals surface area contributed by atoms with Crippen LogP contribution >= 0.6 is 0 Å². The van der Waals surface area contributed by atoms with Crippen LogP contribution in [0.2, 0.25) is 0 Å². The van der Waals surface area contributed by atoms with Crippen molar-refractivity contribution in [1.29, 1.82) is 5.26 Å².